The summed E-state index contributed by atoms with van der Waals surface area (Å²) in [6.45, 7) is 0. The average molecular weight is 284 g/mol. The lowest BCUT2D eigenvalue weighted by atomic mass is 10.1. The number of nitrogens with zero attached hydrogens (tertiary/aromatic N) is 3. The number of benzene rings is 1. The molecule has 0 spiro atoms. The Morgan fingerprint density at radius 3 is 2.70 bits per heavy atom. The van der Waals surface area contributed by atoms with Crippen molar-refractivity contribution in [1.82, 2.24) is 15.1 Å². The third kappa shape index (κ3) is 2.80. The predicted molar refractivity (Wildman–Crippen MR) is 77.9 cm³/mol. The predicted octanol–water partition coefficient (Wildman–Crippen LogP) is 3.01. The van der Waals surface area contributed by atoms with E-state index in [-0.39, 0.29) is 0 Å². The van der Waals surface area contributed by atoms with Gasteiger partial charge in [-0.1, -0.05) is 47.3 Å². The van der Waals surface area contributed by atoms with E-state index < -0.39 is 0 Å². The topological polar surface area (TPSA) is 77.8 Å². The molecule has 0 fully saturated rings. The van der Waals surface area contributed by atoms with Crippen molar-refractivity contribution in [2.24, 2.45) is 0 Å². The van der Waals surface area contributed by atoms with Crippen molar-refractivity contribution < 1.29 is 4.52 Å². The van der Waals surface area contributed by atoms with Crippen molar-refractivity contribution in [3.05, 3.63) is 54.6 Å². The van der Waals surface area contributed by atoms with Crippen LogP contribution in [-0.4, -0.2) is 15.1 Å². The largest absolute Gasteiger partial charge is 0.381 e. The van der Waals surface area contributed by atoms with Crippen LogP contribution in [0.4, 0.5) is 5.82 Å². The van der Waals surface area contributed by atoms with Crippen LogP contribution in [0.1, 0.15) is 5.76 Å². The summed E-state index contributed by atoms with van der Waals surface area (Å²) < 4.78 is 5.32. The lowest BCUT2D eigenvalue weighted by Gasteiger charge is -1.99. The van der Waals surface area contributed by atoms with E-state index in [0.717, 1.165) is 17.0 Å². The van der Waals surface area contributed by atoms with Crippen LogP contribution in [0.5, 0.6) is 0 Å². The van der Waals surface area contributed by atoms with E-state index in [1.54, 1.807) is 12.4 Å². The van der Waals surface area contributed by atoms with Gasteiger partial charge in [-0.2, -0.15) is 0 Å². The Bertz CT molecular complexity index is 699. The van der Waals surface area contributed by atoms with Gasteiger partial charge in [0.25, 0.3) is 0 Å². The molecule has 0 amide bonds. The summed E-state index contributed by atoms with van der Waals surface area (Å²) in [5.41, 5.74) is 7.60. The lowest BCUT2D eigenvalue weighted by Crippen LogP contribution is -1.94. The molecule has 0 aliphatic carbocycles. The van der Waals surface area contributed by atoms with Crippen LogP contribution in [-0.2, 0) is 5.75 Å². The first-order chi connectivity index (χ1) is 9.83. The highest BCUT2D eigenvalue weighted by Gasteiger charge is 2.08. The van der Waals surface area contributed by atoms with E-state index in [2.05, 4.69) is 15.1 Å². The molecule has 5 nitrogen and oxygen atoms in total. The molecule has 100 valence electrons. The van der Waals surface area contributed by atoms with Crippen LogP contribution in [0.3, 0.4) is 0 Å². The fraction of sp³-hybridized carbons (Fsp3) is 0.0714. The SMILES string of the molecule is Nc1nccnc1SCc1cc(-c2ccccc2)no1. The smallest absolute Gasteiger partial charge is 0.156 e. The second-order valence-corrected chi connectivity index (χ2v) is 5.04. The molecule has 0 atom stereocenters. The van der Waals surface area contributed by atoms with E-state index in [4.69, 9.17) is 10.3 Å². The van der Waals surface area contributed by atoms with Gasteiger partial charge in [0.1, 0.15) is 16.5 Å². The molecule has 0 radical (unpaired) electrons. The average Bonchev–Trinajstić information content (AvgIpc) is 2.96. The minimum absolute atomic E-state index is 0.431. The zero-order valence-corrected chi connectivity index (χ0v) is 11.4. The molecule has 0 saturated carbocycles. The van der Waals surface area contributed by atoms with Crippen LogP contribution in [0.2, 0.25) is 0 Å². The molecule has 0 saturated heterocycles. The van der Waals surface area contributed by atoms with Crippen LogP contribution >= 0.6 is 11.8 Å². The minimum Gasteiger partial charge on any atom is -0.381 e. The van der Waals surface area contributed by atoms with E-state index in [0.29, 0.717) is 16.6 Å². The Balaban J connectivity index is 1.71. The molecule has 6 heteroatoms. The molecule has 3 aromatic rings. The molecule has 0 aliphatic heterocycles. The van der Waals surface area contributed by atoms with E-state index in [1.807, 2.05) is 36.4 Å². The summed E-state index contributed by atoms with van der Waals surface area (Å²) in [6.07, 6.45) is 3.19. The Morgan fingerprint density at radius 2 is 1.90 bits per heavy atom. The number of hydrogen-bond donors (Lipinski definition) is 1. The molecule has 2 heterocycles. The van der Waals surface area contributed by atoms with Crippen molar-refractivity contribution in [1.29, 1.82) is 0 Å². The van der Waals surface area contributed by atoms with Gasteiger partial charge in [-0.15, -0.1) is 0 Å². The summed E-state index contributed by atoms with van der Waals surface area (Å²) >= 11 is 1.48. The summed E-state index contributed by atoms with van der Waals surface area (Å²) in [4.78, 5) is 8.16. The minimum atomic E-state index is 0.431. The summed E-state index contributed by atoms with van der Waals surface area (Å²) in [7, 11) is 0. The van der Waals surface area contributed by atoms with Gasteiger partial charge in [0.2, 0.25) is 0 Å². The third-order valence-electron chi connectivity index (χ3n) is 2.67. The van der Waals surface area contributed by atoms with Crippen LogP contribution in [0.15, 0.2) is 58.3 Å². The monoisotopic (exact) mass is 284 g/mol. The second-order valence-electron chi connectivity index (χ2n) is 4.08. The molecular formula is C14H12N4OS. The van der Waals surface area contributed by atoms with Crippen molar-refractivity contribution in [3.8, 4) is 11.3 Å². The number of anilines is 1. The van der Waals surface area contributed by atoms with Gasteiger partial charge < -0.3 is 10.3 Å². The summed E-state index contributed by atoms with van der Waals surface area (Å²) in [6, 6.07) is 11.8. The molecule has 0 bridgehead atoms. The standard InChI is InChI=1S/C14H12N4OS/c15-13-14(17-7-6-16-13)20-9-11-8-12(18-19-11)10-4-2-1-3-5-10/h1-8H,9H2,(H2,15,16). The Kier molecular flexibility index (Phi) is 3.64. The molecule has 0 aliphatic rings. The highest BCUT2D eigenvalue weighted by Crippen LogP contribution is 2.26. The van der Waals surface area contributed by atoms with Crippen LogP contribution < -0.4 is 5.73 Å². The Hall–Kier alpha value is -2.34. The fourth-order valence-electron chi connectivity index (χ4n) is 1.71. The zero-order valence-electron chi connectivity index (χ0n) is 10.6. The molecule has 2 aromatic heterocycles. The summed E-state index contributed by atoms with van der Waals surface area (Å²) in [5.74, 6) is 1.82. The van der Waals surface area contributed by atoms with E-state index in [1.165, 1.54) is 11.8 Å². The van der Waals surface area contributed by atoms with Gasteiger partial charge in [0.05, 0.1) is 5.75 Å². The van der Waals surface area contributed by atoms with Gasteiger partial charge in [-0.3, -0.25) is 0 Å². The normalized spacial score (nSPS) is 10.6. The fourth-order valence-corrected chi connectivity index (χ4v) is 2.46. The second kappa shape index (κ2) is 5.75. The molecule has 2 N–H and O–H groups in total. The molecular weight excluding hydrogens is 272 g/mol. The maximum absolute atomic E-state index is 5.74. The number of hydrogen-bond acceptors (Lipinski definition) is 6. The van der Waals surface area contributed by atoms with Gasteiger partial charge >= 0.3 is 0 Å². The van der Waals surface area contributed by atoms with Crippen molar-refractivity contribution in [3.63, 3.8) is 0 Å². The number of nitrogens with two attached hydrogens (primary N) is 1. The summed E-state index contributed by atoms with van der Waals surface area (Å²) in [5, 5.41) is 4.76. The van der Waals surface area contributed by atoms with E-state index >= 15 is 0 Å². The van der Waals surface area contributed by atoms with E-state index in [9.17, 15) is 0 Å². The van der Waals surface area contributed by atoms with Crippen molar-refractivity contribution >= 4 is 17.6 Å². The third-order valence-corrected chi connectivity index (χ3v) is 3.69. The number of aromatic nitrogens is 3. The maximum atomic E-state index is 5.74. The Morgan fingerprint density at radius 1 is 1.10 bits per heavy atom. The van der Waals surface area contributed by atoms with Gasteiger partial charge in [0.15, 0.2) is 5.82 Å². The quantitative estimate of drug-likeness (QED) is 0.742. The molecule has 0 unspecified atom stereocenters. The molecule has 20 heavy (non-hydrogen) atoms. The van der Waals surface area contributed by atoms with Crippen molar-refractivity contribution in [2.75, 3.05) is 5.73 Å². The zero-order chi connectivity index (χ0) is 13.8. The van der Waals surface area contributed by atoms with Gasteiger partial charge in [0, 0.05) is 24.0 Å². The van der Waals surface area contributed by atoms with Crippen LogP contribution in [0, 0.1) is 0 Å². The van der Waals surface area contributed by atoms with Gasteiger partial charge in [-0.05, 0) is 0 Å². The Labute approximate surface area is 120 Å². The molecule has 1 aromatic carbocycles. The van der Waals surface area contributed by atoms with Crippen molar-refractivity contribution in [2.45, 2.75) is 10.8 Å². The first-order valence-electron chi connectivity index (χ1n) is 6.03. The lowest BCUT2D eigenvalue weighted by molar-refractivity contribution is 0.397. The highest BCUT2D eigenvalue weighted by molar-refractivity contribution is 7.98. The number of thioether (sulfide) groups is 1. The number of rotatable bonds is 4. The highest BCUT2D eigenvalue weighted by atomic mass is 32.2. The first-order valence-corrected chi connectivity index (χ1v) is 7.02. The molecule has 3 rings (SSSR count). The first kappa shape index (κ1) is 12.7. The maximum Gasteiger partial charge on any atom is 0.156 e. The van der Waals surface area contributed by atoms with Gasteiger partial charge in [-0.25, -0.2) is 9.97 Å². The van der Waals surface area contributed by atoms with Crippen LogP contribution in [0.25, 0.3) is 11.3 Å². The number of nitrogen functional groups attached to an aromatic ring is 1.